The van der Waals surface area contributed by atoms with Crippen LogP contribution in [0.5, 0.6) is 11.5 Å². The van der Waals surface area contributed by atoms with E-state index in [-0.39, 0.29) is 17.9 Å². The normalized spacial score (nSPS) is 10.0. The van der Waals surface area contributed by atoms with Crippen LogP contribution in [0.15, 0.2) is 48.5 Å². The molecule has 5 nitrogen and oxygen atoms in total. The Morgan fingerprint density at radius 1 is 1.00 bits per heavy atom. The van der Waals surface area contributed by atoms with Crippen molar-refractivity contribution in [3.8, 4) is 11.5 Å². The molecular weight excluding hydrogens is 296 g/mol. The second kappa shape index (κ2) is 7.98. The second-order valence-corrected chi connectivity index (χ2v) is 4.66. The smallest absolute Gasteiger partial charge is 0.379 e. The first-order valence-electron chi connectivity index (χ1n) is 7.22. The fourth-order valence-corrected chi connectivity index (χ4v) is 2.06. The zero-order chi connectivity index (χ0) is 16.7. The highest BCUT2D eigenvalue weighted by Gasteiger charge is 2.23. The second-order valence-electron chi connectivity index (χ2n) is 4.66. The number of ketones is 1. The number of Topliss-reactive ketones (excluding diaryl/α,β-unsaturated/α-hetero) is 1. The lowest BCUT2D eigenvalue weighted by Crippen LogP contribution is -2.18. The van der Waals surface area contributed by atoms with Gasteiger partial charge in [-0.2, -0.15) is 0 Å². The van der Waals surface area contributed by atoms with E-state index in [0.29, 0.717) is 12.4 Å². The van der Waals surface area contributed by atoms with Gasteiger partial charge in [0.05, 0.1) is 19.3 Å². The van der Waals surface area contributed by atoms with Crippen LogP contribution >= 0.6 is 0 Å². The van der Waals surface area contributed by atoms with Crippen molar-refractivity contribution in [1.29, 1.82) is 0 Å². The third-order valence-electron chi connectivity index (χ3n) is 3.13. The number of methoxy groups -OCH3 is 1. The third kappa shape index (κ3) is 4.10. The molecular formula is C18H18O5. The summed E-state index contributed by atoms with van der Waals surface area (Å²) in [7, 11) is 1.42. The van der Waals surface area contributed by atoms with Crippen molar-refractivity contribution in [3.05, 3.63) is 59.7 Å². The van der Waals surface area contributed by atoms with E-state index in [4.69, 9.17) is 14.2 Å². The molecule has 2 aromatic rings. The molecule has 0 amide bonds. The minimum absolute atomic E-state index is 0.122. The molecule has 0 N–H and O–H groups in total. The highest BCUT2D eigenvalue weighted by atomic mass is 16.5. The molecule has 0 unspecified atom stereocenters. The molecule has 0 heterocycles. The van der Waals surface area contributed by atoms with Crippen molar-refractivity contribution in [2.45, 2.75) is 13.5 Å². The van der Waals surface area contributed by atoms with Gasteiger partial charge in [-0.15, -0.1) is 0 Å². The maximum atomic E-state index is 12.1. The standard InChI is InChI=1S/C18H18O5/c1-3-22-18(20)16(19)14-10-7-11-15(17(14)21-2)23-12-13-8-5-4-6-9-13/h4-11H,3,12H2,1-2H3. The quantitative estimate of drug-likeness (QED) is 0.446. The number of rotatable bonds is 7. The maximum Gasteiger partial charge on any atom is 0.379 e. The molecule has 0 spiro atoms. The Balaban J connectivity index is 2.22. The molecule has 0 bridgehead atoms. The summed E-state index contributed by atoms with van der Waals surface area (Å²) < 4.78 is 15.7. The molecule has 120 valence electrons. The van der Waals surface area contributed by atoms with Crippen molar-refractivity contribution in [1.82, 2.24) is 0 Å². The van der Waals surface area contributed by atoms with Crippen LogP contribution in [0.3, 0.4) is 0 Å². The zero-order valence-corrected chi connectivity index (χ0v) is 13.1. The Labute approximate surface area is 134 Å². The van der Waals surface area contributed by atoms with Gasteiger partial charge >= 0.3 is 5.97 Å². The zero-order valence-electron chi connectivity index (χ0n) is 13.1. The number of benzene rings is 2. The molecule has 0 saturated carbocycles. The van der Waals surface area contributed by atoms with Crippen LogP contribution in [0.1, 0.15) is 22.8 Å². The molecule has 0 aliphatic heterocycles. The van der Waals surface area contributed by atoms with Crippen LogP contribution in [-0.2, 0) is 16.1 Å². The van der Waals surface area contributed by atoms with E-state index in [1.54, 1.807) is 19.1 Å². The minimum atomic E-state index is -0.911. The summed E-state index contributed by atoms with van der Waals surface area (Å²) in [6.45, 7) is 2.10. The fourth-order valence-electron chi connectivity index (χ4n) is 2.06. The molecule has 0 radical (unpaired) electrons. The fraction of sp³-hybridized carbons (Fsp3) is 0.222. The molecule has 23 heavy (non-hydrogen) atoms. The molecule has 0 saturated heterocycles. The van der Waals surface area contributed by atoms with Crippen LogP contribution in [0.2, 0.25) is 0 Å². The minimum Gasteiger partial charge on any atom is -0.492 e. The van der Waals surface area contributed by atoms with Crippen molar-refractivity contribution in [2.24, 2.45) is 0 Å². The summed E-state index contributed by atoms with van der Waals surface area (Å²) in [5, 5.41) is 0. The predicted octanol–water partition coefficient (Wildman–Crippen LogP) is 3.02. The lowest BCUT2D eigenvalue weighted by molar-refractivity contribution is -0.137. The van der Waals surface area contributed by atoms with E-state index in [9.17, 15) is 9.59 Å². The highest BCUT2D eigenvalue weighted by molar-refractivity contribution is 6.41. The van der Waals surface area contributed by atoms with Crippen LogP contribution < -0.4 is 9.47 Å². The van der Waals surface area contributed by atoms with E-state index in [0.717, 1.165) is 5.56 Å². The number of esters is 1. The van der Waals surface area contributed by atoms with E-state index in [1.165, 1.54) is 13.2 Å². The maximum absolute atomic E-state index is 12.1. The van der Waals surface area contributed by atoms with Gasteiger partial charge in [-0.05, 0) is 24.6 Å². The van der Waals surface area contributed by atoms with Gasteiger partial charge in [-0.25, -0.2) is 4.79 Å². The van der Waals surface area contributed by atoms with Crippen LogP contribution in [-0.4, -0.2) is 25.5 Å². The summed E-state index contributed by atoms with van der Waals surface area (Å²) in [6, 6.07) is 14.4. The largest absolute Gasteiger partial charge is 0.492 e. The van der Waals surface area contributed by atoms with E-state index in [2.05, 4.69) is 0 Å². The monoisotopic (exact) mass is 314 g/mol. The van der Waals surface area contributed by atoms with E-state index < -0.39 is 11.8 Å². The Morgan fingerprint density at radius 2 is 1.74 bits per heavy atom. The van der Waals surface area contributed by atoms with Gasteiger partial charge in [0.25, 0.3) is 5.78 Å². The number of carbonyl (C=O) groups excluding carboxylic acids is 2. The summed E-state index contributed by atoms with van der Waals surface area (Å²) in [6.07, 6.45) is 0. The Kier molecular flexibility index (Phi) is 5.74. The first kappa shape index (κ1) is 16.5. The Hall–Kier alpha value is -2.82. The van der Waals surface area contributed by atoms with Gasteiger partial charge in [-0.1, -0.05) is 36.4 Å². The highest BCUT2D eigenvalue weighted by Crippen LogP contribution is 2.32. The van der Waals surface area contributed by atoms with Crippen LogP contribution in [0, 0.1) is 0 Å². The number of para-hydroxylation sites is 1. The third-order valence-corrected chi connectivity index (χ3v) is 3.13. The summed E-state index contributed by atoms with van der Waals surface area (Å²) in [5.41, 5.74) is 1.10. The van der Waals surface area contributed by atoms with E-state index in [1.807, 2.05) is 30.3 Å². The summed E-state index contributed by atoms with van der Waals surface area (Å²) in [4.78, 5) is 23.8. The van der Waals surface area contributed by atoms with Gasteiger partial charge < -0.3 is 14.2 Å². The molecule has 2 aromatic carbocycles. The Morgan fingerprint density at radius 3 is 2.39 bits per heavy atom. The van der Waals surface area contributed by atoms with Crippen LogP contribution in [0.25, 0.3) is 0 Å². The van der Waals surface area contributed by atoms with Crippen molar-refractivity contribution in [3.63, 3.8) is 0 Å². The van der Waals surface area contributed by atoms with Gasteiger partial charge in [-0.3, -0.25) is 4.79 Å². The van der Waals surface area contributed by atoms with Crippen LogP contribution in [0.4, 0.5) is 0 Å². The first-order valence-corrected chi connectivity index (χ1v) is 7.22. The topological polar surface area (TPSA) is 61.8 Å². The molecule has 0 aliphatic carbocycles. The molecule has 0 atom stereocenters. The molecule has 0 aliphatic rings. The first-order chi connectivity index (χ1) is 11.2. The van der Waals surface area contributed by atoms with Crippen molar-refractivity contribution in [2.75, 3.05) is 13.7 Å². The summed E-state index contributed by atoms with van der Waals surface area (Å²) in [5.74, 6) is -1.05. The lowest BCUT2D eigenvalue weighted by Gasteiger charge is -2.13. The van der Waals surface area contributed by atoms with Crippen molar-refractivity contribution < 1.29 is 23.8 Å². The van der Waals surface area contributed by atoms with Gasteiger partial charge in [0.1, 0.15) is 6.61 Å². The van der Waals surface area contributed by atoms with E-state index >= 15 is 0 Å². The Bertz CT molecular complexity index is 679. The van der Waals surface area contributed by atoms with Gasteiger partial charge in [0.2, 0.25) is 0 Å². The number of carbonyl (C=O) groups is 2. The molecule has 5 heteroatoms. The van der Waals surface area contributed by atoms with Gasteiger partial charge in [0, 0.05) is 0 Å². The summed E-state index contributed by atoms with van der Waals surface area (Å²) >= 11 is 0. The average Bonchev–Trinajstić information content (AvgIpc) is 2.60. The predicted molar refractivity (Wildman–Crippen MR) is 84.7 cm³/mol. The number of ether oxygens (including phenoxy) is 3. The molecule has 0 aromatic heterocycles. The molecule has 0 fully saturated rings. The number of hydrogen-bond donors (Lipinski definition) is 0. The SMILES string of the molecule is CCOC(=O)C(=O)c1cccc(OCc2ccccc2)c1OC. The molecule has 2 rings (SSSR count). The van der Waals surface area contributed by atoms with Crippen molar-refractivity contribution >= 4 is 11.8 Å². The average molecular weight is 314 g/mol. The number of hydrogen-bond acceptors (Lipinski definition) is 5. The van der Waals surface area contributed by atoms with Gasteiger partial charge in [0.15, 0.2) is 11.5 Å². The lowest BCUT2D eigenvalue weighted by atomic mass is 10.1.